The van der Waals surface area contributed by atoms with Crippen molar-refractivity contribution >= 4 is 17.5 Å². The zero-order chi connectivity index (χ0) is 23.7. The maximum Gasteiger partial charge on any atom is 0.313 e. The topological polar surface area (TPSA) is 98.5 Å². The van der Waals surface area contributed by atoms with Crippen LogP contribution in [-0.4, -0.2) is 39.1 Å². The van der Waals surface area contributed by atoms with Crippen LogP contribution >= 0.6 is 0 Å². The van der Waals surface area contributed by atoms with E-state index in [1.807, 2.05) is 42.6 Å². The Bertz CT molecular complexity index is 1160. The van der Waals surface area contributed by atoms with E-state index in [0.717, 1.165) is 48.7 Å². The summed E-state index contributed by atoms with van der Waals surface area (Å²) in [6.45, 7) is 4.90. The zero-order valence-corrected chi connectivity index (χ0v) is 19.5. The van der Waals surface area contributed by atoms with E-state index < -0.39 is 11.4 Å². The van der Waals surface area contributed by atoms with Crippen molar-refractivity contribution in [3.8, 4) is 11.5 Å². The minimum absolute atomic E-state index is 0.344. The average Bonchev–Trinajstić information content (AvgIpc) is 3.61. The first-order valence-corrected chi connectivity index (χ1v) is 11.8. The molecule has 178 valence electrons. The lowest BCUT2D eigenvalue weighted by Gasteiger charge is -2.21. The maximum atomic E-state index is 11.5. The third-order valence-electron chi connectivity index (χ3n) is 6.63. The number of carboxylic acids is 1. The smallest absolute Gasteiger partial charge is 0.313 e. The molecule has 2 N–H and O–H groups in total. The minimum atomic E-state index is -0.947. The number of aliphatic carboxylic acids is 1. The molecule has 0 radical (unpaired) electrons. The van der Waals surface area contributed by atoms with Crippen molar-refractivity contribution in [2.45, 2.75) is 56.9 Å². The Balaban J connectivity index is 1.33. The predicted octanol–water partition coefficient (Wildman–Crippen LogP) is 5.41. The number of anilines is 2. The summed E-state index contributed by atoms with van der Waals surface area (Å²) in [4.78, 5) is 15.9. The van der Waals surface area contributed by atoms with Crippen molar-refractivity contribution in [3.63, 3.8) is 0 Å². The van der Waals surface area contributed by atoms with Gasteiger partial charge in [-0.25, -0.2) is 4.98 Å². The van der Waals surface area contributed by atoms with Gasteiger partial charge in [0.2, 0.25) is 0 Å². The van der Waals surface area contributed by atoms with Gasteiger partial charge in [-0.2, -0.15) is 5.10 Å². The number of benzene rings is 1. The predicted molar refractivity (Wildman–Crippen MR) is 128 cm³/mol. The molecule has 3 heterocycles. The fraction of sp³-hybridized carbons (Fsp3) is 0.423. The van der Waals surface area contributed by atoms with E-state index >= 15 is 0 Å². The lowest BCUT2D eigenvalue weighted by Crippen LogP contribution is -2.28. The number of carbonyl (C=O) groups is 1. The van der Waals surface area contributed by atoms with Gasteiger partial charge in [-0.05, 0) is 63.3 Å². The van der Waals surface area contributed by atoms with E-state index in [1.165, 1.54) is 12.8 Å². The number of aromatic nitrogens is 3. The van der Waals surface area contributed by atoms with Crippen molar-refractivity contribution in [2.24, 2.45) is 0 Å². The van der Waals surface area contributed by atoms with Gasteiger partial charge in [-0.1, -0.05) is 12.1 Å². The standard InChI is InChI=1S/C26H30N4O4/c1-26(2,25(31)32)18-3-5-19(6-4-18)28-23-15-21(9-12-27-23)34-22-16-30(20-7-8-20)29-24(22)17-10-13-33-14-11-17/h3-6,9,12,15-17,20H,7-8,10-11,13-14H2,1-2H3,(H,27,28)(H,31,32). The summed E-state index contributed by atoms with van der Waals surface area (Å²) in [7, 11) is 0. The van der Waals surface area contributed by atoms with E-state index in [4.69, 9.17) is 14.6 Å². The molecule has 2 aliphatic rings. The van der Waals surface area contributed by atoms with Crippen LogP contribution in [0.25, 0.3) is 0 Å². The number of carboxylic acid groups (broad SMARTS) is 1. The molecule has 0 bridgehead atoms. The summed E-state index contributed by atoms with van der Waals surface area (Å²) >= 11 is 0. The monoisotopic (exact) mass is 462 g/mol. The van der Waals surface area contributed by atoms with Crippen LogP contribution in [0.1, 0.15) is 62.7 Å². The zero-order valence-electron chi connectivity index (χ0n) is 19.5. The van der Waals surface area contributed by atoms with Crippen LogP contribution < -0.4 is 10.1 Å². The van der Waals surface area contributed by atoms with E-state index in [0.29, 0.717) is 23.5 Å². The second-order valence-corrected chi connectivity index (χ2v) is 9.59. The van der Waals surface area contributed by atoms with Gasteiger partial charge >= 0.3 is 5.97 Å². The molecule has 1 saturated carbocycles. The summed E-state index contributed by atoms with van der Waals surface area (Å²) < 4.78 is 13.9. The average molecular weight is 463 g/mol. The van der Waals surface area contributed by atoms with Crippen LogP contribution in [0.15, 0.2) is 48.8 Å². The number of pyridine rings is 1. The van der Waals surface area contributed by atoms with Crippen LogP contribution in [0.5, 0.6) is 11.5 Å². The Morgan fingerprint density at radius 2 is 1.88 bits per heavy atom. The van der Waals surface area contributed by atoms with Crippen molar-refractivity contribution in [3.05, 3.63) is 60.0 Å². The Kier molecular flexibility index (Phi) is 6.00. The van der Waals surface area contributed by atoms with E-state index in [2.05, 4.69) is 15.0 Å². The number of hydrogen-bond acceptors (Lipinski definition) is 6. The van der Waals surface area contributed by atoms with Gasteiger partial charge in [0.15, 0.2) is 5.75 Å². The number of ether oxygens (including phenoxy) is 2. The summed E-state index contributed by atoms with van der Waals surface area (Å²) in [5.74, 6) is 1.62. The van der Waals surface area contributed by atoms with Gasteiger partial charge in [0.25, 0.3) is 0 Å². The van der Waals surface area contributed by atoms with Crippen LogP contribution in [0, 0.1) is 0 Å². The molecule has 1 aromatic carbocycles. The SMILES string of the molecule is CC(C)(C(=O)O)c1ccc(Nc2cc(Oc3cn(C4CC4)nc3C3CCOCC3)ccn2)cc1. The molecule has 3 aromatic rings. The minimum Gasteiger partial charge on any atom is -0.481 e. The van der Waals surface area contributed by atoms with E-state index in [1.54, 1.807) is 20.0 Å². The van der Waals surface area contributed by atoms with Gasteiger partial charge in [-0.3, -0.25) is 9.48 Å². The fourth-order valence-electron chi connectivity index (χ4n) is 4.16. The lowest BCUT2D eigenvalue weighted by atomic mass is 9.85. The lowest BCUT2D eigenvalue weighted by molar-refractivity contribution is -0.142. The second kappa shape index (κ2) is 9.10. The third kappa shape index (κ3) is 4.77. The quantitative estimate of drug-likeness (QED) is 0.462. The van der Waals surface area contributed by atoms with E-state index in [9.17, 15) is 9.90 Å². The summed E-state index contributed by atoms with van der Waals surface area (Å²) in [5, 5.41) is 17.6. The molecule has 1 aliphatic heterocycles. The molecule has 2 fully saturated rings. The first-order chi connectivity index (χ1) is 16.4. The number of rotatable bonds is 8. The summed E-state index contributed by atoms with van der Waals surface area (Å²) in [6, 6.07) is 11.5. The molecule has 8 nitrogen and oxygen atoms in total. The first kappa shape index (κ1) is 22.4. The molecule has 5 rings (SSSR count). The summed E-state index contributed by atoms with van der Waals surface area (Å²) in [5.41, 5.74) is 1.62. The molecule has 0 atom stereocenters. The fourth-order valence-corrected chi connectivity index (χ4v) is 4.16. The number of hydrogen-bond donors (Lipinski definition) is 2. The number of nitrogens with zero attached hydrogens (tertiary/aromatic N) is 3. The van der Waals surface area contributed by atoms with Gasteiger partial charge < -0.3 is 19.9 Å². The first-order valence-electron chi connectivity index (χ1n) is 11.8. The molecular formula is C26H30N4O4. The van der Waals surface area contributed by atoms with E-state index in [-0.39, 0.29) is 0 Å². The van der Waals surface area contributed by atoms with Gasteiger partial charge in [0.1, 0.15) is 17.3 Å². The van der Waals surface area contributed by atoms with Gasteiger partial charge in [0, 0.05) is 37.1 Å². The van der Waals surface area contributed by atoms with Crippen molar-refractivity contribution < 1.29 is 19.4 Å². The number of nitrogens with one attached hydrogen (secondary N) is 1. The van der Waals surface area contributed by atoms with Crippen molar-refractivity contribution in [1.82, 2.24) is 14.8 Å². The summed E-state index contributed by atoms with van der Waals surface area (Å²) in [6.07, 6.45) is 7.98. The molecule has 0 spiro atoms. The van der Waals surface area contributed by atoms with Crippen LogP contribution in [0.3, 0.4) is 0 Å². The highest BCUT2D eigenvalue weighted by atomic mass is 16.5. The highest BCUT2D eigenvalue weighted by Crippen LogP contribution is 2.40. The van der Waals surface area contributed by atoms with Crippen LogP contribution in [0.4, 0.5) is 11.5 Å². The molecule has 34 heavy (non-hydrogen) atoms. The molecular weight excluding hydrogens is 432 g/mol. The molecule has 8 heteroatoms. The third-order valence-corrected chi connectivity index (χ3v) is 6.63. The Morgan fingerprint density at radius 3 is 2.56 bits per heavy atom. The van der Waals surface area contributed by atoms with Crippen molar-refractivity contribution in [2.75, 3.05) is 18.5 Å². The van der Waals surface area contributed by atoms with Crippen LogP contribution in [-0.2, 0) is 14.9 Å². The van der Waals surface area contributed by atoms with Gasteiger partial charge in [0.05, 0.1) is 17.7 Å². The van der Waals surface area contributed by atoms with Gasteiger partial charge in [-0.15, -0.1) is 0 Å². The molecule has 0 amide bonds. The molecule has 2 aromatic heterocycles. The largest absolute Gasteiger partial charge is 0.481 e. The Labute approximate surface area is 198 Å². The molecule has 1 aliphatic carbocycles. The maximum absolute atomic E-state index is 11.5. The Morgan fingerprint density at radius 1 is 1.15 bits per heavy atom. The second-order valence-electron chi connectivity index (χ2n) is 9.59. The highest BCUT2D eigenvalue weighted by Gasteiger charge is 2.30. The van der Waals surface area contributed by atoms with Crippen LogP contribution in [0.2, 0.25) is 0 Å². The Hall–Kier alpha value is -3.39. The molecule has 0 unspecified atom stereocenters. The highest BCUT2D eigenvalue weighted by molar-refractivity contribution is 5.80. The van der Waals surface area contributed by atoms with Crippen molar-refractivity contribution in [1.29, 1.82) is 0 Å². The molecule has 1 saturated heterocycles. The normalized spacial score (nSPS) is 16.9.